The molecule has 1 atom stereocenters. The third-order valence-corrected chi connectivity index (χ3v) is 3.80. The average Bonchev–Trinajstić information content (AvgIpc) is 3.11. The van der Waals surface area contributed by atoms with Crippen LogP contribution in [0.5, 0.6) is 0 Å². The summed E-state index contributed by atoms with van der Waals surface area (Å²) >= 11 is 0. The molecule has 1 aliphatic heterocycles. The van der Waals surface area contributed by atoms with E-state index < -0.39 is 0 Å². The minimum Gasteiger partial charge on any atom is -0.340 e. The fraction of sp³-hybridized carbons (Fsp3) is 0.500. The van der Waals surface area contributed by atoms with Crippen LogP contribution in [0, 0.1) is 6.92 Å². The Balaban J connectivity index is 1.63. The first-order chi connectivity index (χ1) is 9.72. The van der Waals surface area contributed by atoms with E-state index in [0.717, 1.165) is 37.2 Å². The number of likely N-dealkylation sites (tertiary alicyclic amines) is 1. The Morgan fingerprint density at radius 3 is 3.15 bits per heavy atom. The fourth-order valence-corrected chi connectivity index (χ4v) is 2.74. The Hall–Kier alpha value is -2.11. The second-order valence-corrected chi connectivity index (χ2v) is 5.41. The molecular weight excluding hydrogens is 254 g/mol. The number of rotatable bonds is 3. The third kappa shape index (κ3) is 2.74. The molecule has 0 aliphatic carbocycles. The number of carbonyl (C=O) groups is 1. The van der Waals surface area contributed by atoms with Crippen molar-refractivity contribution in [2.45, 2.75) is 32.2 Å². The van der Waals surface area contributed by atoms with Gasteiger partial charge in [-0.25, -0.2) is 0 Å². The summed E-state index contributed by atoms with van der Waals surface area (Å²) in [6, 6.07) is 2.00. The van der Waals surface area contributed by atoms with Gasteiger partial charge in [0.05, 0.1) is 6.20 Å². The lowest BCUT2D eigenvalue weighted by Crippen LogP contribution is -2.41. The molecule has 0 bridgehead atoms. The summed E-state index contributed by atoms with van der Waals surface area (Å²) in [5, 5.41) is 11.2. The predicted molar refractivity (Wildman–Crippen MR) is 74.1 cm³/mol. The number of hydrogen-bond donors (Lipinski definition) is 1. The second-order valence-electron chi connectivity index (χ2n) is 5.41. The zero-order chi connectivity index (χ0) is 13.9. The molecule has 6 heteroatoms. The quantitative estimate of drug-likeness (QED) is 0.917. The highest BCUT2D eigenvalue weighted by atomic mass is 16.2. The van der Waals surface area contributed by atoms with Crippen molar-refractivity contribution in [3.63, 3.8) is 0 Å². The molecule has 0 saturated carbocycles. The van der Waals surface area contributed by atoms with Crippen LogP contribution in [0.2, 0.25) is 0 Å². The molecule has 1 N–H and O–H groups in total. The summed E-state index contributed by atoms with van der Waals surface area (Å²) in [5.41, 5.74) is 2.20. The van der Waals surface area contributed by atoms with E-state index >= 15 is 0 Å². The number of aryl methyl sites for hydroxylation is 1. The van der Waals surface area contributed by atoms with Crippen LogP contribution in [0.3, 0.4) is 0 Å². The maximum atomic E-state index is 12.3. The van der Waals surface area contributed by atoms with Gasteiger partial charge in [0.1, 0.15) is 6.54 Å². The SMILES string of the molecule is Cc1cnn(CC(=O)N2CCC[C@H](c3ccn[nH]3)C2)c1. The molecule has 3 heterocycles. The molecule has 2 aromatic rings. The highest BCUT2D eigenvalue weighted by Crippen LogP contribution is 2.25. The van der Waals surface area contributed by atoms with E-state index in [0.29, 0.717) is 12.5 Å². The molecule has 0 aromatic carbocycles. The maximum absolute atomic E-state index is 12.3. The molecule has 6 nitrogen and oxygen atoms in total. The average molecular weight is 273 g/mol. The number of piperidine rings is 1. The minimum atomic E-state index is 0.136. The monoisotopic (exact) mass is 273 g/mol. The van der Waals surface area contributed by atoms with Crippen LogP contribution in [0.25, 0.3) is 0 Å². The van der Waals surface area contributed by atoms with Crippen LogP contribution >= 0.6 is 0 Å². The molecular formula is C14H19N5O. The van der Waals surface area contributed by atoms with Crippen LogP contribution in [0.15, 0.2) is 24.7 Å². The van der Waals surface area contributed by atoms with Crippen molar-refractivity contribution in [3.8, 4) is 0 Å². The number of hydrogen-bond acceptors (Lipinski definition) is 3. The zero-order valence-electron chi connectivity index (χ0n) is 11.6. The summed E-state index contributed by atoms with van der Waals surface area (Å²) in [4.78, 5) is 14.3. The highest BCUT2D eigenvalue weighted by molar-refractivity contribution is 5.76. The summed E-state index contributed by atoms with van der Waals surface area (Å²) in [7, 11) is 0. The van der Waals surface area contributed by atoms with Gasteiger partial charge in [-0.1, -0.05) is 0 Å². The van der Waals surface area contributed by atoms with Gasteiger partial charge < -0.3 is 4.90 Å². The van der Waals surface area contributed by atoms with Gasteiger partial charge in [-0.05, 0) is 31.4 Å². The third-order valence-electron chi connectivity index (χ3n) is 3.80. The lowest BCUT2D eigenvalue weighted by Gasteiger charge is -2.32. The second kappa shape index (κ2) is 5.48. The number of aromatic amines is 1. The molecule has 0 spiro atoms. The maximum Gasteiger partial charge on any atom is 0.244 e. The predicted octanol–water partition coefficient (Wildman–Crippen LogP) is 1.32. The van der Waals surface area contributed by atoms with Crippen molar-refractivity contribution >= 4 is 5.91 Å². The lowest BCUT2D eigenvalue weighted by molar-refractivity contribution is -0.133. The van der Waals surface area contributed by atoms with Crippen LogP contribution in [0.1, 0.15) is 30.0 Å². The van der Waals surface area contributed by atoms with Crippen molar-refractivity contribution in [2.24, 2.45) is 0 Å². The molecule has 1 fully saturated rings. The molecule has 1 aliphatic rings. The van der Waals surface area contributed by atoms with Gasteiger partial charge in [-0.3, -0.25) is 14.6 Å². The zero-order valence-corrected chi connectivity index (χ0v) is 11.6. The van der Waals surface area contributed by atoms with E-state index in [9.17, 15) is 4.79 Å². The standard InChI is InChI=1S/C14H19N5O/c1-11-7-16-19(8-11)10-14(20)18-6-2-3-12(9-18)13-4-5-15-17-13/h4-5,7-8,12H,2-3,6,9-10H2,1H3,(H,15,17)/t12-/m0/s1. The van der Waals surface area contributed by atoms with Crippen molar-refractivity contribution in [1.29, 1.82) is 0 Å². The molecule has 20 heavy (non-hydrogen) atoms. The van der Waals surface area contributed by atoms with Crippen LogP contribution in [-0.2, 0) is 11.3 Å². The topological polar surface area (TPSA) is 66.8 Å². The number of H-pyrrole nitrogens is 1. The number of carbonyl (C=O) groups excluding carboxylic acids is 1. The summed E-state index contributed by atoms with van der Waals surface area (Å²) in [6.07, 6.45) is 7.58. The normalized spacial score (nSPS) is 19.2. The highest BCUT2D eigenvalue weighted by Gasteiger charge is 2.25. The molecule has 3 rings (SSSR count). The molecule has 2 aromatic heterocycles. The van der Waals surface area contributed by atoms with Crippen LogP contribution < -0.4 is 0 Å². The van der Waals surface area contributed by atoms with Gasteiger partial charge in [-0.15, -0.1) is 0 Å². The minimum absolute atomic E-state index is 0.136. The van der Waals surface area contributed by atoms with E-state index in [2.05, 4.69) is 15.3 Å². The Bertz CT molecular complexity index is 574. The first kappa shape index (κ1) is 12.9. The van der Waals surface area contributed by atoms with Crippen molar-refractivity contribution < 1.29 is 4.79 Å². The molecule has 0 unspecified atom stereocenters. The summed E-state index contributed by atoms with van der Waals surface area (Å²) < 4.78 is 1.71. The number of nitrogens with one attached hydrogen (secondary N) is 1. The van der Waals surface area contributed by atoms with Crippen LogP contribution in [0.4, 0.5) is 0 Å². The van der Waals surface area contributed by atoms with Crippen molar-refractivity contribution in [3.05, 3.63) is 35.9 Å². The van der Waals surface area contributed by atoms with Gasteiger partial charge in [0.15, 0.2) is 0 Å². The van der Waals surface area contributed by atoms with Crippen molar-refractivity contribution in [2.75, 3.05) is 13.1 Å². The van der Waals surface area contributed by atoms with E-state index in [-0.39, 0.29) is 5.91 Å². The van der Waals surface area contributed by atoms with Crippen molar-refractivity contribution in [1.82, 2.24) is 24.9 Å². The lowest BCUT2D eigenvalue weighted by atomic mass is 9.95. The molecule has 0 radical (unpaired) electrons. The molecule has 106 valence electrons. The molecule has 1 amide bonds. The van der Waals surface area contributed by atoms with E-state index in [1.807, 2.05) is 24.1 Å². The van der Waals surface area contributed by atoms with E-state index in [1.54, 1.807) is 17.1 Å². The number of amides is 1. The Kier molecular flexibility index (Phi) is 3.54. The van der Waals surface area contributed by atoms with Gasteiger partial charge >= 0.3 is 0 Å². The Morgan fingerprint density at radius 2 is 2.45 bits per heavy atom. The smallest absolute Gasteiger partial charge is 0.244 e. The first-order valence-corrected chi connectivity index (χ1v) is 6.98. The first-order valence-electron chi connectivity index (χ1n) is 6.98. The summed E-state index contributed by atoms with van der Waals surface area (Å²) in [6.45, 7) is 3.90. The number of aromatic nitrogens is 4. The number of nitrogens with zero attached hydrogens (tertiary/aromatic N) is 4. The van der Waals surface area contributed by atoms with Gasteiger partial charge in [-0.2, -0.15) is 10.2 Å². The van der Waals surface area contributed by atoms with Gasteiger partial charge in [0, 0.05) is 37.1 Å². The van der Waals surface area contributed by atoms with E-state index in [1.165, 1.54) is 0 Å². The van der Waals surface area contributed by atoms with Crippen LogP contribution in [-0.4, -0.2) is 43.9 Å². The molecule has 1 saturated heterocycles. The Morgan fingerprint density at radius 1 is 1.55 bits per heavy atom. The fourth-order valence-electron chi connectivity index (χ4n) is 2.74. The van der Waals surface area contributed by atoms with E-state index in [4.69, 9.17) is 0 Å². The van der Waals surface area contributed by atoms with Gasteiger partial charge in [0.25, 0.3) is 0 Å². The Labute approximate surface area is 117 Å². The largest absolute Gasteiger partial charge is 0.340 e. The summed E-state index contributed by atoms with van der Waals surface area (Å²) in [5.74, 6) is 0.506. The van der Waals surface area contributed by atoms with Gasteiger partial charge in [0.2, 0.25) is 5.91 Å².